The number of carbonyl (C=O) groups is 1. The van der Waals surface area contributed by atoms with E-state index in [-0.39, 0.29) is 18.0 Å². The van der Waals surface area contributed by atoms with E-state index in [1.165, 1.54) is 6.07 Å². The third kappa shape index (κ3) is 3.50. The van der Waals surface area contributed by atoms with Crippen molar-refractivity contribution in [1.29, 1.82) is 0 Å². The number of benzene rings is 1. The number of nitrogens with one attached hydrogen (secondary N) is 1. The summed E-state index contributed by atoms with van der Waals surface area (Å²) in [6.45, 7) is 2.55. The number of piperazine rings is 1. The van der Waals surface area contributed by atoms with Crippen LogP contribution in [0.2, 0.25) is 0 Å². The summed E-state index contributed by atoms with van der Waals surface area (Å²) in [7, 11) is 0. The molecule has 1 fully saturated rings. The largest absolute Gasteiger partial charge is 0.368 e. The number of anilines is 1. The highest BCUT2D eigenvalue weighted by atomic mass is 16.2. The van der Waals surface area contributed by atoms with Gasteiger partial charge < -0.3 is 9.80 Å². The van der Waals surface area contributed by atoms with Crippen LogP contribution >= 0.6 is 0 Å². The van der Waals surface area contributed by atoms with E-state index in [2.05, 4.69) is 10.00 Å². The van der Waals surface area contributed by atoms with Crippen LogP contribution in [-0.4, -0.2) is 46.8 Å². The Morgan fingerprint density at radius 2 is 1.65 bits per heavy atom. The molecule has 1 aromatic carbocycles. The molecule has 0 radical (unpaired) electrons. The highest BCUT2D eigenvalue weighted by Gasteiger charge is 2.21. The van der Waals surface area contributed by atoms with Crippen LogP contribution in [0, 0.1) is 0 Å². The van der Waals surface area contributed by atoms with E-state index in [0.29, 0.717) is 13.1 Å². The molecule has 0 aliphatic carbocycles. The van der Waals surface area contributed by atoms with Gasteiger partial charge in [0.05, 0.1) is 0 Å². The maximum atomic E-state index is 12.3. The Bertz CT molecular complexity index is 789. The molecule has 1 aromatic heterocycles. The Hall–Kier alpha value is -2.83. The first kappa shape index (κ1) is 15.1. The van der Waals surface area contributed by atoms with Crippen molar-refractivity contribution >= 4 is 11.6 Å². The minimum absolute atomic E-state index is 0.139. The van der Waals surface area contributed by atoms with Crippen LogP contribution in [0.15, 0.2) is 52.1 Å². The molecule has 7 heteroatoms. The number of aromatic amines is 1. The van der Waals surface area contributed by atoms with Crippen molar-refractivity contribution in [2.75, 3.05) is 31.1 Å². The van der Waals surface area contributed by atoms with Gasteiger partial charge in [-0.2, -0.15) is 0 Å². The molecule has 1 amide bonds. The number of para-hydroxylation sites is 1. The minimum atomic E-state index is -0.397. The van der Waals surface area contributed by atoms with Crippen molar-refractivity contribution in [2.24, 2.45) is 0 Å². The molecule has 3 rings (SSSR count). The molecule has 1 aliphatic heterocycles. The Kier molecular flexibility index (Phi) is 4.27. The molecule has 0 saturated carbocycles. The second kappa shape index (κ2) is 6.51. The molecule has 1 N–H and O–H groups in total. The van der Waals surface area contributed by atoms with Crippen LogP contribution < -0.4 is 16.0 Å². The van der Waals surface area contributed by atoms with Crippen molar-refractivity contribution in [3.05, 3.63) is 63.2 Å². The summed E-state index contributed by atoms with van der Waals surface area (Å²) in [6, 6.07) is 12.4. The third-order valence-corrected chi connectivity index (χ3v) is 3.94. The second-order valence-electron chi connectivity index (χ2n) is 5.44. The van der Waals surface area contributed by atoms with Crippen LogP contribution in [0.3, 0.4) is 0 Å². The molecule has 1 saturated heterocycles. The van der Waals surface area contributed by atoms with E-state index in [1.54, 1.807) is 4.90 Å². The lowest BCUT2D eigenvalue weighted by molar-refractivity contribution is -0.132. The normalized spacial score (nSPS) is 14.8. The van der Waals surface area contributed by atoms with Crippen LogP contribution in [0.5, 0.6) is 0 Å². The average molecular weight is 314 g/mol. The molecule has 0 atom stereocenters. The van der Waals surface area contributed by atoms with Crippen LogP contribution in [-0.2, 0) is 11.3 Å². The zero-order valence-corrected chi connectivity index (χ0v) is 12.6. The van der Waals surface area contributed by atoms with E-state index >= 15 is 0 Å². The molecule has 2 heterocycles. The predicted octanol–water partition coefficient (Wildman–Crippen LogP) is -0.115. The minimum Gasteiger partial charge on any atom is -0.368 e. The summed E-state index contributed by atoms with van der Waals surface area (Å²) in [5.74, 6) is -0.165. The second-order valence-corrected chi connectivity index (χ2v) is 5.44. The number of rotatable bonds is 3. The van der Waals surface area contributed by atoms with Crippen molar-refractivity contribution < 1.29 is 4.79 Å². The highest BCUT2D eigenvalue weighted by Crippen LogP contribution is 2.15. The Morgan fingerprint density at radius 1 is 0.957 bits per heavy atom. The van der Waals surface area contributed by atoms with Gasteiger partial charge in [-0.15, -0.1) is 0 Å². The number of amides is 1. The maximum Gasteiger partial charge on any atom is 0.265 e. The van der Waals surface area contributed by atoms with E-state index in [4.69, 9.17) is 0 Å². The number of nitrogens with zero attached hydrogens (tertiary/aromatic N) is 3. The van der Waals surface area contributed by atoms with Gasteiger partial charge in [0.25, 0.3) is 11.1 Å². The van der Waals surface area contributed by atoms with Crippen LogP contribution in [0.25, 0.3) is 0 Å². The summed E-state index contributed by atoms with van der Waals surface area (Å²) in [5, 5.41) is 2.37. The molecule has 23 heavy (non-hydrogen) atoms. The van der Waals surface area contributed by atoms with Crippen molar-refractivity contribution in [2.45, 2.75) is 6.54 Å². The first-order valence-electron chi connectivity index (χ1n) is 7.51. The number of hydrogen-bond acceptors (Lipinski definition) is 4. The highest BCUT2D eigenvalue weighted by molar-refractivity contribution is 5.76. The SMILES string of the molecule is O=C(Cn1[nH]c(=O)ccc1=O)N1CCN(c2ccccc2)CC1. The standard InChI is InChI=1S/C16H18N4O3/c21-14-6-7-15(22)20(17-14)12-16(23)19-10-8-18(9-11-19)13-4-2-1-3-5-13/h1-7H,8-12H2,(H,17,21). The molecule has 0 spiro atoms. The lowest BCUT2D eigenvalue weighted by Gasteiger charge is -2.36. The molecule has 7 nitrogen and oxygen atoms in total. The summed E-state index contributed by atoms with van der Waals surface area (Å²) in [5.41, 5.74) is 0.357. The first-order chi connectivity index (χ1) is 11.1. The average Bonchev–Trinajstić information content (AvgIpc) is 2.59. The Balaban J connectivity index is 1.61. The summed E-state index contributed by atoms with van der Waals surface area (Å²) in [4.78, 5) is 39.1. The van der Waals surface area contributed by atoms with Gasteiger partial charge in [-0.3, -0.25) is 19.5 Å². The van der Waals surface area contributed by atoms with Crippen LogP contribution in [0.4, 0.5) is 5.69 Å². The maximum absolute atomic E-state index is 12.3. The molecular formula is C16H18N4O3. The summed E-state index contributed by atoms with van der Waals surface area (Å²) >= 11 is 0. The lowest BCUT2D eigenvalue weighted by atomic mass is 10.2. The topological polar surface area (TPSA) is 78.4 Å². The molecule has 0 bridgehead atoms. The predicted molar refractivity (Wildman–Crippen MR) is 86.6 cm³/mol. The molecular weight excluding hydrogens is 296 g/mol. The molecule has 0 unspecified atom stereocenters. The Labute approximate surface area is 132 Å². The number of carbonyl (C=O) groups excluding carboxylic acids is 1. The summed E-state index contributed by atoms with van der Waals surface area (Å²) < 4.78 is 1.05. The smallest absolute Gasteiger partial charge is 0.265 e. The fraction of sp³-hybridized carbons (Fsp3) is 0.312. The quantitative estimate of drug-likeness (QED) is 0.857. The number of hydrogen-bond donors (Lipinski definition) is 1. The monoisotopic (exact) mass is 314 g/mol. The van der Waals surface area contributed by atoms with E-state index in [9.17, 15) is 14.4 Å². The Morgan fingerprint density at radius 3 is 2.35 bits per heavy atom. The number of H-pyrrole nitrogens is 1. The summed E-state index contributed by atoms with van der Waals surface area (Å²) in [6.07, 6.45) is 0. The zero-order chi connectivity index (χ0) is 16.2. The molecule has 1 aliphatic rings. The zero-order valence-electron chi connectivity index (χ0n) is 12.6. The molecule has 120 valence electrons. The van der Waals surface area contributed by atoms with E-state index in [0.717, 1.165) is 29.5 Å². The van der Waals surface area contributed by atoms with E-state index in [1.807, 2.05) is 30.3 Å². The van der Waals surface area contributed by atoms with E-state index < -0.39 is 5.56 Å². The van der Waals surface area contributed by atoms with Gasteiger partial charge in [-0.05, 0) is 12.1 Å². The van der Waals surface area contributed by atoms with Crippen LogP contribution in [0.1, 0.15) is 0 Å². The van der Waals surface area contributed by atoms with Gasteiger partial charge in [0.1, 0.15) is 6.54 Å². The fourth-order valence-corrected chi connectivity index (χ4v) is 2.67. The fourth-order valence-electron chi connectivity index (χ4n) is 2.67. The van der Waals surface area contributed by atoms with Gasteiger partial charge in [-0.25, -0.2) is 4.68 Å². The van der Waals surface area contributed by atoms with Gasteiger partial charge in [0, 0.05) is 44.0 Å². The van der Waals surface area contributed by atoms with Crippen molar-refractivity contribution in [3.8, 4) is 0 Å². The van der Waals surface area contributed by atoms with Gasteiger partial charge in [0.15, 0.2) is 0 Å². The van der Waals surface area contributed by atoms with Gasteiger partial charge in [0.2, 0.25) is 5.91 Å². The molecule has 2 aromatic rings. The van der Waals surface area contributed by atoms with Gasteiger partial charge >= 0.3 is 0 Å². The third-order valence-electron chi connectivity index (χ3n) is 3.94. The van der Waals surface area contributed by atoms with Crippen molar-refractivity contribution in [3.63, 3.8) is 0 Å². The number of aromatic nitrogens is 2. The van der Waals surface area contributed by atoms with Crippen molar-refractivity contribution in [1.82, 2.24) is 14.7 Å². The van der Waals surface area contributed by atoms with Gasteiger partial charge in [-0.1, -0.05) is 18.2 Å². The first-order valence-corrected chi connectivity index (χ1v) is 7.51. The lowest BCUT2D eigenvalue weighted by Crippen LogP contribution is -2.50.